The van der Waals surface area contributed by atoms with E-state index in [0.717, 1.165) is 5.30 Å². The molecule has 0 amide bonds. The van der Waals surface area contributed by atoms with Crippen LogP contribution in [0.1, 0.15) is 5.56 Å². The van der Waals surface area contributed by atoms with Crippen LogP contribution in [0.15, 0.2) is 24.3 Å². The fraction of sp³-hybridized carbons (Fsp3) is 0.364. The monoisotopic (exact) mass is 242 g/mol. The van der Waals surface area contributed by atoms with Gasteiger partial charge in [-0.2, -0.15) is 0 Å². The molecule has 1 unspecified atom stereocenters. The van der Waals surface area contributed by atoms with E-state index in [9.17, 15) is 9.36 Å². The highest BCUT2D eigenvalue weighted by Crippen LogP contribution is 2.34. The summed E-state index contributed by atoms with van der Waals surface area (Å²) < 4.78 is 11.7. The Kier molecular flexibility index (Phi) is 3.89. The van der Waals surface area contributed by atoms with E-state index in [0.29, 0.717) is 5.56 Å². The minimum atomic E-state index is -2.27. The molecule has 0 fully saturated rings. The lowest BCUT2D eigenvalue weighted by Gasteiger charge is -2.09. The zero-order chi connectivity index (χ0) is 12.3. The first kappa shape index (κ1) is 12.9. The summed E-state index contributed by atoms with van der Waals surface area (Å²) in [5.74, 6) is -1.24. The zero-order valence-corrected chi connectivity index (χ0v) is 10.1. The average Bonchev–Trinajstić information content (AvgIpc) is 2.17. The number of carboxylic acid groups (broad SMARTS) is 1. The predicted octanol–water partition coefficient (Wildman–Crippen LogP) is 0.923. The maximum absolute atomic E-state index is 11.7. The Bertz CT molecular complexity index is 418. The lowest BCUT2D eigenvalue weighted by molar-refractivity contribution is -0.146. The van der Waals surface area contributed by atoms with E-state index in [1.54, 1.807) is 37.6 Å². The minimum Gasteiger partial charge on any atom is -0.479 e. The first-order valence-corrected chi connectivity index (χ1v) is 7.46. The van der Waals surface area contributed by atoms with E-state index in [2.05, 4.69) is 0 Å². The van der Waals surface area contributed by atoms with Crippen molar-refractivity contribution in [1.29, 1.82) is 0 Å². The standard InChI is InChI=1S/C11H15O4P/c1-16(2,15)9-5-3-8(4-6-9)7-10(12)11(13)14/h3-6,10,12H,7H2,1-2H3,(H,13,14). The van der Waals surface area contributed by atoms with Gasteiger partial charge in [-0.05, 0) is 18.9 Å². The number of carboxylic acids is 1. The largest absolute Gasteiger partial charge is 0.479 e. The van der Waals surface area contributed by atoms with Crippen molar-refractivity contribution in [3.63, 3.8) is 0 Å². The Hall–Kier alpha value is -1.12. The van der Waals surface area contributed by atoms with E-state index >= 15 is 0 Å². The average molecular weight is 242 g/mol. The Morgan fingerprint density at radius 2 is 1.81 bits per heavy atom. The van der Waals surface area contributed by atoms with Gasteiger partial charge in [0, 0.05) is 11.7 Å². The highest BCUT2D eigenvalue weighted by molar-refractivity contribution is 7.70. The Morgan fingerprint density at radius 1 is 1.31 bits per heavy atom. The molecular formula is C11H15O4P. The number of aliphatic hydroxyl groups is 1. The molecule has 2 N–H and O–H groups in total. The van der Waals surface area contributed by atoms with Gasteiger partial charge in [0.25, 0.3) is 0 Å². The topological polar surface area (TPSA) is 74.6 Å². The van der Waals surface area contributed by atoms with Crippen LogP contribution < -0.4 is 5.30 Å². The molecule has 0 spiro atoms. The summed E-state index contributed by atoms with van der Waals surface area (Å²) in [7, 11) is -2.27. The van der Waals surface area contributed by atoms with E-state index in [1.165, 1.54) is 0 Å². The van der Waals surface area contributed by atoms with Crippen molar-refractivity contribution >= 4 is 18.4 Å². The number of aliphatic carboxylic acids is 1. The summed E-state index contributed by atoms with van der Waals surface area (Å²) in [4.78, 5) is 10.4. The number of benzene rings is 1. The summed E-state index contributed by atoms with van der Waals surface area (Å²) in [6, 6.07) is 6.82. The molecule has 0 saturated heterocycles. The number of hydrogen-bond donors (Lipinski definition) is 2. The highest BCUT2D eigenvalue weighted by Gasteiger charge is 2.15. The van der Waals surface area contributed by atoms with Crippen molar-refractivity contribution in [2.24, 2.45) is 0 Å². The maximum Gasteiger partial charge on any atom is 0.332 e. The molecule has 16 heavy (non-hydrogen) atoms. The van der Waals surface area contributed by atoms with Gasteiger partial charge in [0.15, 0.2) is 6.10 Å². The van der Waals surface area contributed by atoms with Crippen molar-refractivity contribution in [3.05, 3.63) is 29.8 Å². The second-order valence-electron chi connectivity index (χ2n) is 4.08. The van der Waals surface area contributed by atoms with Gasteiger partial charge >= 0.3 is 5.97 Å². The number of rotatable bonds is 4. The first-order valence-electron chi connectivity index (χ1n) is 4.86. The number of hydrogen-bond acceptors (Lipinski definition) is 3. The molecule has 1 rings (SSSR count). The van der Waals surface area contributed by atoms with E-state index < -0.39 is 19.2 Å². The smallest absolute Gasteiger partial charge is 0.332 e. The Labute approximate surface area is 94.3 Å². The highest BCUT2D eigenvalue weighted by atomic mass is 31.2. The van der Waals surface area contributed by atoms with Gasteiger partial charge in [-0.25, -0.2) is 4.79 Å². The van der Waals surface area contributed by atoms with Crippen LogP contribution >= 0.6 is 7.14 Å². The van der Waals surface area contributed by atoms with Crippen molar-refractivity contribution in [2.75, 3.05) is 13.3 Å². The van der Waals surface area contributed by atoms with Gasteiger partial charge in [-0.15, -0.1) is 0 Å². The molecule has 0 heterocycles. The summed E-state index contributed by atoms with van der Waals surface area (Å²) in [5.41, 5.74) is 0.715. The molecule has 4 nitrogen and oxygen atoms in total. The maximum atomic E-state index is 11.7. The first-order chi connectivity index (χ1) is 7.30. The molecule has 1 aromatic carbocycles. The fourth-order valence-corrected chi connectivity index (χ4v) is 2.17. The lowest BCUT2D eigenvalue weighted by Crippen LogP contribution is -2.22. The van der Waals surface area contributed by atoms with E-state index in [4.69, 9.17) is 10.2 Å². The summed E-state index contributed by atoms with van der Waals surface area (Å²) in [6.07, 6.45) is -1.33. The number of carbonyl (C=O) groups is 1. The third kappa shape index (κ3) is 3.47. The van der Waals surface area contributed by atoms with E-state index in [1.807, 2.05) is 0 Å². The van der Waals surface area contributed by atoms with Crippen LogP contribution in [-0.2, 0) is 15.8 Å². The molecule has 1 atom stereocenters. The molecule has 5 heteroatoms. The van der Waals surface area contributed by atoms with Crippen LogP contribution in [0, 0.1) is 0 Å². The second-order valence-corrected chi connectivity index (χ2v) is 7.29. The van der Waals surface area contributed by atoms with Crippen LogP contribution in [0.25, 0.3) is 0 Å². The molecule has 0 aliphatic carbocycles. The van der Waals surface area contributed by atoms with Crippen LogP contribution in [-0.4, -0.2) is 35.6 Å². The lowest BCUT2D eigenvalue weighted by atomic mass is 10.1. The molecule has 0 radical (unpaired) electrons. The summed E-state index contributed by atoms with van der Waals surface area (Å²) in [6.45, 7) is 3.35. The normalized spacial score (nSPS) is 13.4. The molecule has 1 aromatic rings. The number of aliphatic hydroxyl groups excluding tert-OH is 1. The van der Waals surface area contributed by atoms with Crippen molar-refractivity contribution in [3.8, 4) is 0 Å². The molecule has 0 aliphatic heterocycles. The van der Waals surface area contributed by atoms with E-state index in [-0.39, 0.29) is 6.42 Å². The second kappa shape index (κ2) is 4.81. The Morgan fingerprint density at radius 3 is 2.19 bits per heavy atom. The molecular weight excluding hydrogens is 227 g/mol. The molecule has 0 saturated carbocycles. The van der Waals surface area contributed by atoms with Gasteiger partial charge < -0.3 is 14.8 Å². The molecule has 0 bridgehead atoms. The third-order valence-corrected chi connectivity index (χ3v) is 3.81. The van der Waals surface area contributed by atoms with Crippen molar-refractivity contribution in [1.82, 2.24) is 0 Å². The third-order valence-electron chi connectivity index (χ3n) is 2.27. The van der Waals surface area contributed by atoms with Crippen molar-refractivity contribution < 1.29 is 19.6 Å². The van der Waals surface area contributed by atoms with Gasteiger partial charge in [-0.3, -0.25) is 0 Å². The minimum absolute atomic E-state index is 0.0628. The molecule has 88 valence electrons. The van der Waals surface area contributed by atoms with Crippen LogP contribution in [0.3, 0.4) is 0 Å². The van der Waals surface area contributed by atoms with Gasteiger partial charge in [0.2, 0.25) is 0 Å². The van der Waals surface area contributed by atoms with Crippen molar-refractivity contribution in [2.45, 2.75) is 12.5 Å². The SMILES string of the molecule is CP(C)(=O)c1ccc(CC(O)C(=O)O)cc1. The summed E-state index contributed by atoms with van der Waals surface area (Å²) >= 11 is 0. The van der Waals surface area contributed by atoms with Gasteiger partial charge in [0.1, 0.15) is 7.14 Å². The zero-order valence-electron chi connectivity index (χ0n) is 9.25. The fourth-order valence-electron chi connectivity index (χ4n) is 1.30. The van der Waals surface area contributed by atoms with Crippen LogP contribution in [0.5, 0.6) is 0 Å². The van der Waals surface area contributed by atoms with Gasteiger partial charge in [0.05, 0.1) is 0 Å². The predicted molar refractivity (Wildman–Crippen MR) is 62.9 cm³/mol. The Balaban J connectivity index is 2.80. The van der Waals surface area contributed by atoms with Crippen LogP contribution in [0.4, 0.5) is 0 Å². The van der Waals surface area contributed by atoms with Crippen LogP contribution in [0.2, 0.25) is 0 Å². The molecule has 0 aliphatic rings. The van der Waals surface area contributed by atoms with Gasteiger partial charge in [-0.1, -0.05) is 24.3 Å². The summed E-state index contributed by atoms with van der Waals surface area (Å²) in [5, 5.41) is 18.4. The quantitative estimate of drug-likeness (QED) is 0.770. The molecule has 0 aromatic heterocycles.